The Morgan fingerprint density at radius 3 is 2.41 bits per heavy atom. The first-order chi connectivity index (χ1) is 8.06. The molecule has 0 aliphatic rings. The van der Waals surface area contributed by atoms with E-state index in [-0.39, 0.29) is 0 Å². The summed E-state index contributed by atoms with van der Waals surface area (Å²) in [4.78, 5) is 4.01. The second-order valence-electron chi connectivity index (χ2n) is 4.63. The third-order valence-corrected chi connectivity index (χ3v) is 3.19. The highest BCUT2D eigenvalue weighted by molar-refractivity contribution is 5.41. The summed E-state index contributed by atoms with van der Waals surface area (Å²) in [7, 11) is 0. The molecule has 0 saturated heterocycles. The van der Waals surface area contributed by atoms with E-state index in [0.717, 1.165) is 6.42 Å². The van der Waals surface area contributed by atoms with Crippen LogP contribution in [0.2, 0.25) is 0 Å². The third kappa shape index (κ3) is 2.64. The molecule has 0 fully saturated rings. The summed E-state index contributed by atoms with van der Waals surface area (Å²) in [6.45, 7) is 6.46. The fourth-order valence-corrected chi connectivity index (χ4v) is 2.04. The lowest BCUT2D eigenvalue weighted by molar-refractivity contribution is 1.12. The maximum absolute atomic E-state index is 5.69. The van der Waals surface area contributed by atoms with Gasteiger partial charge in [-0.25, -0.2) is 4.98 Å². The van der Waals surface area contributed by atoms with Gasteiger partial charge in [-0.2, -0.15) is 0 Å². The van der Waals surface area contributed by atoms with Crippen LogP contribution in [-0.4, -0.2) is 4.98 Å². The average Bonchev–Trinajstić information content (AvgIpc) is 2.26. The Bertz CT molecular complexity index is 545. The van der Waals surface area contributed by atoms with E-state index in [9.17, 15) is 0 Å². The van der Waals surface area contributed by atoms with E-state index in [0.29, 0.717) is 5.82 Å². The maximum atomic E-state index is 5.69. The minimum absolute atomic E-state index is 0.587. The molecule has 2 rings (SSSR count). The zero-order valence-corrected chi connectivity index (χ0v) is 10.6. The van der Waals surface area contributed by atoms with Crippen molar-refractivity contribution < 1.29 is 0 Å². The Balaban J connectivity index is 2.33. The molecule has 2 N–H and O–H groups in total. The molecule has 0 radical (unpaired) electrons. The van der Waals surface area contributed by atoms with E-state index in [4.69, 9.17) is 5.73 Å². The Labute approximate surface area is 103 Å². The van der Waals surface area contributed by atoms with E-state index in [1.807, 2.05) is 12.1 Å². The zero-order chi connectivity index (χ0) is 12.4. The molecule has 0 aliphatic heterocycles. The molecule has 0 spiro atoms. The second-order valence-corrected chi connectivity index (χ2v) is 4.63. The van der Waals surface area contributed by atoms with Crippen LogP contribution in [-0.2, 0) is 6.42 Å². The lowest BCUT2D eigenvalue weighted by atomic mass is 9.96. The second kappa shape index (κ2) is 4.58. The highest BCUT2D eigenvalue weighted by atomic mass is 14.8. The molecule has 88 valence electrons. The number of benzene rings is 1. The van der Waals surface area contributed by atoms with Crippen molar-refractivity contribution in [2.24, 2.45) is 0 Å². The summed E-state index contributed by atoms with van der Waals surface area (Å²) < 4.78 is 0. The average molecular weight is 226 g/mol. The molecule has 2 heteroatoms. The third-order valence-electron chi connectivity index (χ3n) is 3.19. The quantitative estimate of drug-likeness (QED) is 0.854. The van der Waals surface area contributed by atoms with Crippen LogP contribution in [0.3, 0.4) is 0 Å². The van der Waals surface area contributed by atoms with Crippen molar-refractivity contribution in [3.05, 3.63) is 58.3 Å². The molecule has 0 bridgehead atoms. The fraction of sp³-hybridized carbons (Fsp3) is 0.267. The van der Waals surface area contributed by atoms with Gasteiger partial charge in [0.15, 0.2) is 0 Å². The Morgan fingerprint density at radius 2 is 1.71 bits per heavy atom. The van der Waals surface area contributed by atoms with Gasteiger partial charge in [-0.15, -0.1) is 0 Å². The summed E-state index contributed by atoms with van der Waals surface area (Å²) in [5.41, 5.74) is 12.3. The number of pyridine rings is 1. The first-order valence-electron chi connectivity index (χ1n) is 5.83. The van der Waals surface area contributed by atoms with Crippen molar-refractivity contribution in [1.82, 2.24) is 4.98 Å². The lowest BCUT2D eigenvalue weighted by Crippen LogP contribution is -1.97. The predicted molar refractivity (Wildman–Crippen MR) is 72.1 cm³/mol. The van der Waals surface area contributed by atoms with E-state index < -0.39 is 0 Å². The van der Waals surface area contributed by atoms with Crippen molar-refractivity contribution in [1.29, 1.82) is 0 Å². The zero-order valence-electron chi connectivity index (χ0n) is 10.6. The summed E-state index contributed by atoms with van der Waals surface area (Å²) in [6, 6.07) is 8.47. The number of anilines is 1. The normalized spacial score (nSPS) is 10.5. The Hall–Kier alpha value is -1.83. The van der Waals surface area contributed by atoms with Crippen LogP contribution in [0.5, 0.6) is 0 Å². The molecule has 1 aromatic heterocycles. The van der Waals surface area contributed by atoms with Crippen molar-refractivity contribution in [2.45, 2.75) is 27.2 Å². The number of nitrogens with two attached hydrogens (primary N) is 1. The molecule has 0 atom stereocenters. The Morgan fingerprint density at radius 1 is 1.00 bits per heavy atom. The van der Waals surface area contributed by atoms with Gasteiger partial charge in [-0.1, -0.05) is 12.1 Å². The molecule has 17 heavy (non-hydrogen) atoms. The van der Waals surface area contributed by atoms with Gasteiger partial charge in [0, 0.05) is 6.20 Å². The van der Waals surface area contributed by atoms with Gasteiger partial charge in [0.1, 0.15) is 5.82 Å². The van der Waals surface area contributed by atoms with Crippen LogP contribution in [0.1, 0.15) is 27.8 Å². The molecule has 1 heterocycles. The Kier molecular flexibility index (Phi) is 3.14. The lowest BCUT2D eigenvalue weighted by Gasteiger charge is -2.10. The fourth-order valence-electron chi connectivity index (χ4n) is 2.04. The van der Waals surface area contributed by atoms with Crippen molar-refractivity contribution >= 4 is 5.82 Å². The van der Waals surface area contributed by atoms with Gasteiger partial charge in [0.2, 0.25) is 0 Å². The molecular formula is C15H18N2. The van der Waals surface area contributed by atoms with Crippen LogP contribution >= 0.6 is 0 Å². The molecule has 0 saturated carbocycles. The van der Waals surface area contributed by atoms with E-state index >= 15 is 0 Å². The van der Waals surface area contributed by atoms with E-state index in [2.05, 4.69) is 37.9 Å². The van der Waals surface area contributed by atoms with E-state index in [1.165, 1.54) is 27.8 Å². The molecule has 0 unspecified atom stereocenters. The summed E-state index contributed by atoms with van der Waals surface area (Å²) in [6.07, 6.45) is 2.68. The molecule has 2 nitrogen and oxygen atoms in total. The van der Waals surface area contributed by atoms with Gasteiger partial charge < -0.3 is 5.73 Å². The first kappa shape index (κ1) is 11.6. The van der Waals surface area contributed by atoms with Crippen LogP contribution in [0, 0.1) is 20.8 Å². The summed E-state index contributed by atoms with van der Waals surface area (Å²) >= 11 is 0. The SMILES string of the molecule is Cc1cc(C)c(Cc2ccnc(N)c2)cc1C. The topological polar surface area (TPSA) is 38.9 Å². The number of nitrogen functional groups attached to an aromatic ring is 1. The monoisotopic (exact) mass is 226 g/mol. The van der Waals surface area contributed by atoms with Crippen molar-refractivity contribution in [2.75, 3.05) is 5.73 Å². The van der Waals surface area contributed by atoms with Crippen LogP contribution < -0.4 is 5.73 Å². The van der Waals surface area contributed by atoms with Gasteiger partial charge in [0.25, 0.3) is 0 Å². The standard InChI is InChI=1S/C15H18N2/c1-10-6-12(3)14(7-11(10)2)8-13-4-5-17-15(16)9-13/h4-7,9H,8H2,1-3H3,(H2,16,17). The van der Waals surface area contributed by atoms with Crippen LogP contribution in [0.25, 0.3) is 0 Å². The summed E-state index contributed by atoms with van der Waals surface area (Å²) in [5, 5.41) is 0. The molecule has 0 amide bonds. The number of aromatic nitrogens is 1. The number of hydrogen-bond acceptors (Lipinski definition) is 2. The maximum Gasteiger partial charge on any atom is 0.123 e. The van der Waals surface area contributed by atoms with Crippen LogP contribution in [0.4, 0.5) is 5.82 Å². The molecule has 2 aromatic rings. The first-order valence-corrected chi connectivity index (χ1v) is 5.83. The highest BCUT2D eigenvalue weighted by Crippen LogP contribution is 2.19. The van der Waals surface area contributed by atoms with Crippen molar-refractivity contribution in [3.63, 3.8) is 0 Å². The van der Waals surface area contributed by atoms with Gasteiger partial charge >= 0.3 is 0 Å². The molecular weight excluding hydrogens is 208 g/mol. The number of aryl methyl sites for hydroxylation is 3. The van der Waals surface area contributed by atoms with Gasteiger partial charge in [-0.05, 0) is 67.1 Å². The minimum atomic E-state index is 0.587. The number of rotatable bonds is 2. The van der Waals surface area contributed by atoms with E-state index in [1.54, 1.807) is 6.20 Å². The summed E-state index contributed by atoms with van der Waals surface area (Å²) in [5.74, 6) is 0.587. The minimum Gasteiger partial charge on any atom is -0.384 e. The van der Waals surface area contributed by atoms with Crippen LogP contribution in [0.15, 0.2) is 30.5 Å². The highest BCUT2D eigenvalue weighted by Gasteiger charge is 2.03. The molecule has 1 aromatic carbocycles. The largest absolute Gasteiger partial charge is 0.384 e. The number of nitrogens with zero attached hydrogens (tertiary/aromatic N) is 1. The van der Waals surface area contributed by atoms with Gasteiger partial charge in [0.05, 0.1) is 0 Å². The van der Waals surface area contributed by atoms with Gasteiger partial charge in [-0.3, -0.25) is 0 Å². The smallest absolute Gasteiger partial charge is 0.123 e. The number of hydrogen-bond donors (Lipinski definition) is 1. The molecule has 0 aliphatic carbocycles. The predicted octanol–water partition coefficient (Wildman–Crippen LogP) is 3.18. The van der Waals surface area contributed by atoms with Crippen molar-refractivity contribution in [3.8, 4) is 0 Å².